The van der Waals surface area contributed by atoms with Crippen LogP contribution in [0.25, 0.3) is 5.69 Å². The van der Waals surface area contributed by atoms with Crippen LogP contribution in [0.4, 0.5) is 0 Å². The third kappa shape index (κ3) is 4.61. The summed E-state index contributed by atoms with van der Waals surface area (Å²) < 4.78 is 1.84. The Morgan fingerprint density at radius 3 is 2.76 bits per heavy atom. The van der Waals surface area contributed by atoms with Crippen LogP contribution in [0.5, 0.6) is 0 Å². The third-order valence-corrected chi connectivity index (χ3v) is 4.76. The molecule has 25 heavy (non-hydrogen) atoms. The van der Waals surface area contributed by atoms with Gasteiger partial charge in [-0.2, -0.15) is 5.10 Å². The van der Waals surface area contributed by atoms with Gasteiger partial charge in [0, 0.05) is 6.54 Å². The molecule has 0 aliphatic carbocycles. The van der Waals surface area contributed by atoms with Gasteiger partial charge in [0.1, 0.15) is 0 Å². The Morgan fingerprint density at radius 2 is 2.08 bits per heavy atom. The summed E-state index contributed by atoms with van der Waals surface area (Å²) in [6.07, 6.45) is 3.52. The van der Waals surface area contributed by atoms with Gasteiger partial charge in [0.15, 0.2) is 0 Å². The van der Waals surface area contributed by atoms with Gasteiger partial charge in [0.25, 0.3) is 5.91 Å². The van der Waals surface area contributed by atoms with Crippen LogP contribution in [-0.2, 0) is 0 Å². The summed E-state index contributed by atoms with van der Waals surface area (Å²) in [7, 11) is 0. The zero-order valence-electron chi connectivity index (χ0n) is 14.9. The van der Waals surface area contributed by atoms with Crippen LogP contribution >= 0.6 is 12.4 Å². The minimum atomic E-state index is -0.0176. The molecule has 1 aromatic heterocycles. The second-order valence-corrected chi connectivity index (χ2v) is 6.55. The van der Waals surface area contributed by atoms with Crippen LogP contribution in [0.15, 0.2) is 30.3 Å². The maximum atomic E-state index is 12.6. The maximum Gasteiger partial charge on any atom is 0.255 e. The highest BCUT2D eigenvalue weighted by Gasteiger charge is 2.20. The van der Waals surface area contributed by atoms with Gasteiger partial charge in [-0.05, 0) is 64.3 Å². The number of benzene rings is 1. The van der Waals surface area contributed by atoms with Crippen molar-refractivity contribution in [2.24, 2.45) is 5.92 Å². The number of para-hydroxylation sites is 1. The molecule has 136 valence electrons. The molecule has 0 saturated carbocycles. The highest BCUT2D eigenvalue weighted by atomic mass is 35.5. The van der Waals surface area contributed by atoms with Crippen molar-refractivity contribution in [2.75, 3.05) is 19.6 Å². The molecule has 5 nitrogen and oxygen atoms in total. The fourth-order valence-electron chi connectivity index (χ4n) is 3.44. The van der Waals surface area contributed by atoms with Crippen molar-refractivity contribution in [3.05, 3.63) is 47.3 Å². The quantitative estimate of drug-likeness (QED) is 0.859. The van der Waals surface area contributed by atoms with E-state index in [1.807, 2.05) is 48.9 Å². The summed E-state index contributed by atoms with van der Waals surface area (Å²) in [5.41, 5.74) is 3.33. The number of piperidine rings is 1. The summed E-state index contributed by atoms with van der Waals surface area (Å²) in [6, 6.07) is 9.92. The van der Waals surface area contributed by atoms with E-state index < -0.39 is 0 Å². The smallest absolute Gasteiger partial charge is 0.255 e. The lowest BCUT2D eigenvalue weighted by atomic mass is 9.96. The van der Waals surface area contributed by atoms with E-state index in [-0.39, 0.29) is 18.3 Å². The Kier molecular flexibility index (Phi) is 7.02. The van der Waals surface area contributed by atoms with Crippen molar-refractivity contribution < 1.29 is 4.79 Å². The molecule has 0 bridgehead atoms. The Labute approximate surface area is 155 Å². The summed E-state index contributed by atoms with van der Waals surface area (Å²) >= 11 is 0. The molecule has 0 spiro atoms. The SMILES string of the molecule is Cc1nn(-c2ccccc2)c(C)c1C(=O)NCCC1CCCNC1.Cl. The first-order valence-corrected chi connectivity index (χ1v) is 8.77. The number of nitrogens with one attached hydrogen (secondary N) is 2. The van der Waals surface area contributed by atoms with Crippen LogP contribution < -0.4 is 10.6 Å². The lowest BCUT2D eigenvalue weighted by Gasteiger charge is -2.22. The summed E-state index contributed by atoms with van der Waals surface area (Å²) in [5, 5.41) is 11.0. The van der Waals surface area contributed by atoms with E-state index in [0.717, 1.165) is 43.1 Å². The molecular weight excluding hydrogens is 336 g/mol. The topological polar surface area (TPSA) is 59.0 Å². The minimum Gasteiger partial charge on any atom is -0.352 e. The Hall–Kier alpha value is -1.85. The molecular formula is C19H27ClN4O. The van der Waals surface area contributed by atoms with Gasteiger partial charge in [-0.3, -0.25) is 4.79 Å². The van der Waals surface area contributed by atoms with Crippen LogP contribution in [0.1, 0.15) is 41.0 Å². The minimum absolute atomic E-state index is 0. The molecule has 2 aromatic rings. The van der Waals surface area contributed by atoms with Crippen molar-refractivity contribution in [2.45, 2.75) is 33.1 Å². The first-order chi connectivity index (χ1) is 11.7. The van der Waals surface area contributed by atoms with Crippen molar-refractivity contribution in [1.82, 2.24) is 20.4 Å². The number of aryl methyl sites for hydroxylation is 1. The number of carbonyl (C=O) groups is 1. The number of amides is 1. The van der Waals surface area contributed by atoms with Crippen molar-refractivity contribution in [1.29, 1.82) is 0 Å². The fraction of sp³-hybridized carbons (Fsp3) is 0.474. The van der Waals surface area contributed by atoms with Gasteiger partial charge in [0.05, 0.1) is 22.6 Å². The second kappa shape index (κ2) is 9.02. The van der Waals surface area contributed by atoms with Gasteiger partial charge in [-0.25, -0.2) is 4.68 Å². The lowest BCUT2D eigenvalue weighted by molar-refractivity contribution is 0.0949. The average Bonchev–Trinajstić information content (AvgIpc) is 2.91. The van der Waals surface area contributed by atoms with E-state index in [9.17, 15) is 4.79 Å². The second-order valence-electron chi connectivity index (χ2n) is 6.55. The molecule has 1 aliphatic rings. The normalized spacial score (nSPS) is 17.0. The molecule has 6 heteroatoms. The van der Waals surface area contributed by atoms with Crippen LogP contribution in [-0.4, -0.2) is 35.3 Å². The zero-order chi connectivity index (χ0) is 16.9. The molecule has 1 atom stereocenters. The molecule has 1 aliphatic heterocycles. The number of hydrogen-bond donors (Lipinski definition) is 2. The van der Waals surface area contributed by atoms with E-state index >= 15 is 0 Å². The van der Waals surface area contributed by atoms with Crippen LogP contribution in [0.2, 0.25) is 0 Å². The standard InChI is InChI=1S/C19H26N4O.ClH/c1-14-18(15(2)23(22-14)17-8-4-3-5-9-17)19(24)21-12-10-16-7-6-11-20-13-16;/h3-5,8-9,16,20H,6-7,10-13H2,1-2H3,(H,21,24);1H. The van der Waals surface area contributed by atoms with Crippen molar-refractivity contribution in [3.8, 4) is 5.69 Å². The molecule has 1 unspecified atom stereocenters. The predicted molar refractivity (Wildman–Crippen MR) is 103 cm³/mol. The van der Waals surface area contributed by atoms with Gasteiger partial charge in [-0.1, -0.05) is 18.2 Å². The number of hydrogen-bond acceptors (Lipinski definition) is 3. The van der Waals surface area contributed by atoms with Crippen molar-refractivity contribution >= 4 is 18.3 Å². The number of aromatic nitrogens is 2. The molecule has 1 amide bonds. The monoisotopic (exact) mass is 362 g/mol. The number of rotatable bonds is 5. The van der Waals surface area contributed by atoms with E-state index in [0.29, 0.717) is 11.5 Å². The first-order valence-electron chi connectivity index (χ1n) is 8.77. The molecule has 2 N–H and O–H groups in total. The molecule has 1 fully saturated rings. The maximum absolute atomic E-state index is 12.6. The largest absolute Gasteiger partial charge is 0.352 e. The molecule has 1 aromatic carbocycles. The molecule has 3 rings (SSSR count). The van der Waals surface area contributed by atoms with Crippen LogP contribution in [0.3, 0.4) is 0 Å². The third-order valence-electron chi connectivity index (χ3n) is 4.76. The van der Waals surface area contributed by atoms with Gasteiger partial charge in [-0.15, -0.1) is 12.4 Å². The summed E-state index contributed by atoms with van der Waals surface area (Å²) in [6.45, 7) is 6.76. The summed E-state index contributed by atoms with van der Waals surface area (Å²) in [5.74, 6) is 0.657. The number of carbonyl (C=O) groups excluding carboxylic acids is 1. The van der Waals surface area contributed by atoms with Gasteiger partial charge in [0.2, 0.25) is 0 Å². The Morgan fingerprint density at radius 1 is 1.32 bits per heavy atom. The van der Waals surface area contributed by atoms with Crippen molar-refractivity contribution in [3.63, 3.8) is 0 Å². The number of halogens is 1. The van der Waals surface area contributed by atoms with E-state index in [4.69, 9.17) is 0 Å². The fourth-order valence-corrected chi connectivity index (χ4v) is 3.44. The molecule has 1 saturated heterocycles. The highest BCUT2D eigenvalue weighted by Crippen LogP contribution is 2.18. The highest BCUT2D eigenvalue weighted by molar-refractivity contribution is 5.96. The summed E-state index contributed by atoms with van der Waals surface area (Å²) in [4.78, 5) is 12.6. The first kappa shape index (κ1) is 19.5. The molecule has 0 radical (unpaired) electrons. The van der Waals surface area contributed by atoms with E-state index in [2.05, 4.69) is 15.7 Å². The Balaban J connectivity index is 0.00000225. The Bertz CT molecular complexity index is 693. The van der Waals surface area contributed by atoms with Gasteiger partial charge >= 0.3 is 0 Å². The van der Waals surface area contributed by atoms with E-state index in [1.165, 1.54) is 12.8 Å². The average molecular weight is 363 g/mol. The predicted octanol–water partition coefficient (Wildman–Crippen LogP) is 3.03. The molecule has 2 heterocycles. The lowest BCUT2D eigenvalue weighted by Crippen LogP contribution is -2.33. The van der Waals surface area contributed by atoms with Crippen LogP contribution in [0, 0.1) is 19.8 Å². The van der Waals surface area contributed by atoms with Gasteiger partial charge < -0.3 is 10.6 Å². The van der Waals surface area contributed by atoms with E-state index in [1.54, 1.807) is 0 Å². The number of nitrogens with zero attached hydrogens (tertiary/aromatic N) is 2. The zero-order valence-corrected chi connectivity index (χ0v) is 15.7.